The second kappa shape index (κ2) is 6.73. The molecule has 0 atom stereocenters. The molecule has 0 spiro atoms. The average Bonchev–Trinajstić information content (AvgIpc) is 2.56. The molecule has 25 heavy (non-hydrogen) atoms. The van der Waals surface area contributed by atoms with E-state index in [0.29, 0.717) is 4.47 Å². The van der Waals surface area contributed by atoms with Gasteiger partial charge in [-0.2, -0.15) is 0 Å². The number of para-hydroxylation sites is 1. The minimum Gasteiger partial charge on any atom is -0.507 e. The smallest absolute Gasteiger partial charge is 0.270 e. The lowest BCUT2D eigenvalue weighted by atomic mass is 10.1. The molecule has 0 aliphatic carbocycles. The van der Waals surface area contributed by atoms with Gasteiger partial charge in [0.2, 0.25) is 0 Å². The summed E-state index contributed by atoms with van der Waals surface area (Å²) in [6.07, 6.45) is 1.23. The Balaban J connectivity index is 2.09. The van der Waals surface area contributed by atoms with Crippen LogP contribution in [-0.2, 0) is 9.59 Å². The van der Waals surface area contributed by atoms with Crippen molar-refractivity contribution in [1.82, 2.24) is 5.32 Å². The third-order valence-electron chi connectivity index (χ3n) is 3.48. The number of nitrogens with one attached hydrogen (secondary N) is 1. The molecule has 3 rings (SSSR count). The number of benzene rings is 2. The van der Waals surface area contributed by atoms with Crippen molar-refractivity contribution in [2.75, 3.05) is 4.90 Å². The van der Waals surface area contributed by atoms with Gasteiger partial charge in [-0.25, -0.2) is 9.29 Å². The SMILES string of the molecule is O=C1NC(=S)N(c2ccccc2F)C(=O)C1=Cc1cc(Br)ccc1O. The molecule has 126 valence electrons. The van der Waals surface area contributed by atoms with Crippen LogP contribution in [0.3, 0.4) is 0 Å². The first-order valence-corrected chi connectivity index (χ1v) is 8.23. The van der Waals surface area contributed by atoms with E-state index >= 15 is 0 Å². The number of hydrogen-bond donors (Lipinski definition) is 2. The zero-order chi connectivity index (χ0) is 18.1. The van der Waals surface area contributed by atoms with Gasteiger partial charge in [-0.05, 0) is 48.6 Å². The summed E-state index contributed by atoms with van der Waals surface area (Å²) in [5, 5.41) is 12.1. The molecular formula is C17H10BrFN2O3S. The lowest BCUT2D eigenvalue weighted by Crippen LogP contribution is -2.54. The fourth-order valence-corrected chi connectivity index (χ4v) is 2.96. The van der Waals surface area contributed by atoms with Crippen molar-refractivity contribution < 1.29 is 19.1 Å². The van der Waals surface area contributed by atoms with Crippen LogP contribution in [0.25, 0.3) is 6.08 Å². The highest BCUT2D eigenvalue weighted by atomic mass is 79.9. The first kappa shape index (κ1) is 17.2. The molecule has 1 saturated heterocycles. The summed E-state index contributed by atoms with van der Waals surface area (Å²) >= 11 is 8.26. The Bertz CT molecular complexity index is 945. The Kier molecular flexibility index (Phi) is 4.65. The molecule has 1 aliphatic heterocycles. The highest BCUT2D eigenvalue weighted by molar-refractivity contribution is 9.10. The van der Waals surface area contributed by atoms with Crippen molar-refractivity contribution in [2.24, 2.45) is 0 Å². The molecule has 1 heterocycles. The molecule has 0 aromatic heterocycles. The summed E-state index contributed by atoms with van der Waals surface area (Å²) in [6.45, 7) is 0. The number of anilines is 1. The van der Waals surface area contributed by atoms with Crippen LogP contribution < -0.4 is 10.2 Å². The largest absolute Gasteiger partial charge is 0.507 e. The van der Waals surface area contributed by atoms with Crippen LogP contribution >= 0.6 is 28.1 Å². The van der Waals surface area contributed by atoms with Gasteiger partial charge in [0, 0.05) is 10.0 Å². The second-order valence-electron chi connectivity index (χ2n) is 5.11. The Morgan fingerprint density at radius 3 is 2.64 bits per heavy atom. The van der Waals surface area contributed by atoms with Crippen LogP contribution in [0.2, 0.25) is 0 Å². The summed E-state index contributed by atoms with van der Waals surface area (Å²) in [5.74, 6) is -2.26. The maximum atomic E-state index is 14.1. The minimum atomic E-state index is -0.779. The molecule has 0 unspecified atom stereocenters. The first-order chi connectivity index (χ1) is 11.9. The van der Waals surface area contributed by atoms with Crippen LogP contribution in [0.15, 0.2) is 52.5 Å². The molecule has 1 aliphatic rings. The lowest BCUT2D eigenvalue weighted by Gasteiger charge is -2.29. The zero-order valence-corrected chi connectivity index (χ0v) is 14.9. The molecule has 0 bridgehead atoms. The van der Waals surface area contributed by atoms with Gasteiger partial charge in [0.05, 0.1) is 5.69 Å². The topological polar surface area (TPSA) is 69.6 Å². The molecule has 8 heteroatoms. The lowest BCUT2D eigenvalue weighted by molar-refractivity contribution is -0.122. The van der Waals surface area contributed by atoms with E-state index in [1.165, 1.54) is 30.3 Å². The number of nitrogens with zero attached hydrogens (tertiary/aromatic N) is 1. The summed E-state index contributed by atoms with van der Waals surface area (Å²) in [4.78, 5) is 25.8. The zero-order valence-electron chi connectivity index (χ0n) is 12.5. The van der Waals surface area contributed by atoms with Gasteiger partial charge < -0.3 is 5.11 Å². The average molecular weight is 421 g/mol. The van der Waals surface area contributed by atoms with E-state index in [1.54, 1.807) is 18.2 Å². The second-order valence-corrected chi connectivity index (χ2v) is 6.41. The van der Waals surface area contributed by atoms with Gasteiger partial charge >= 0.3 is 0 Å². The number of carbonyl (C=O) groups is 2. The number of carbonyl (C=O) groups excluding carboxylic acids is 2. The summed E-state index contributed by atoms with van der Waals surface area (Å²) in [7, 11) is 0. The predicted molar refractivity (Wildman–Crippen MR) is 98.4 cm³/mol. The van der Waals surface area contributed by atoms with E-state index in [0.717, 1.165) is 4.90 Å². The first-order valence-electron chi connectivity index (χ1n) is 7.03. The number of thiocarbonyl (C=S) groups is 1. The van der Waals surface area contributed by atoms with Gasteiger partial charge in [-0.15, -0.1) is 0 Å². The number of amides is 2. The van der Waals surface area contributed by atoms with Crippen LogP contribution in [0.4, 0.5) is 10.1 Å². The van der Waals surface area contributed by atoms with Gasteiger partial charge in [-0.3, -0.25) is 14.9 Å². The number of phenols is 1. The van der Waals surface area contributed by atoms with Gasteiger partial charge in [0.25, 0.3) is 11.8 Å². The van der Waals surface area contributed by atoms with Crippen molar-refractivity contribution in [2.45, 2.75) is 0 Å². The number of rotatable bonds is 2. The quantitative estimate of drug-likeness (QED) is 0.444. The van der Waals surface area contributed by atoms with E-state index < -0.39 is 17.6 Å². The van der Waals surface area contributed by atoms with Crippen LogP contribution in [0, 0.1) is 5.82 Å². The van der Waals surface area contributed by atoms with Crippen molar-refractivity contribution in [3.05, 3.63) is 63.9 Å². The van der Waals surface area contributed by atoms with Crippen LogP contribution in [-0.4, -0.2) is 22.0 Å². The Morgan fingerprint density at radius 1 is 1.20 bits per heavy atom. The van der Waals surface area contributed by atoms with E-state index in [1.807, 2.05) is 0 Å². The predicted octanol–water partition coefficient (Wildman–Crippen LogP) is 3.13. The number of phenolic OH excluding ortho intramolecular Hbond substituents is 1. The van der Waals surface area contributed by atoms with Gasteiger partial charge in [0.1, 0.15) is 17.1 Å². The summed E-state index contributed by atoms with van der Waals surface area (Å²) in [5.41, 5.74) is -0.0821. The van der Waals surface area contributed by atoms with Crippen LogP contribution in [0.5, 0.6) is 5.75 Å². The van der Waals surface area contributed by atoms with Crippen molar-refractivity contribution >= 4 is 56.8 Å². The highest BCUT2D eigenvalue weighted by Gasteiger charge is 2.35. The molecule has 2 amide bonds. The van der Waals surface area contributed by atoms with E-state index in [2.05, 4.69) is 21.2 Å². The molecule has 2 aromatic rings. The standard InChI is InChI=1S/C17H10BrFN2O3S/c18-10-5-6-14(22)9(7-10)8-11-15(23)20-17(25)21(16(11)24)13-4-2-1-3-12(13)19/h1-8,22H,(H,20,23,25). The molecule has 1 fully saturated rings. The van der Waals surface area contributed by atoms with Crippen LogP contribution in [0.1, 0.15) is 5.56 Å². The molecule has 0 saturated carbocycles. The third kappa shape index (κ3) is 3.31. The highest BCUT2D eigenvalue weighted by Crippen LogP contribution is 2.28. The van der Waals surface area contributed by atoms with Gasteiger partial charge in [-0.1, -0.05) is 28.1 Å². The fraction of sp³-hybridized carbons (Fsp3) is 0. The maximum Gasteiger partial charge on any atom is 0.270 e. The van der Waals surface area contributed by atoms with Crippen molar-refractivity contribution in [1.29, 1.82) is 0 Å². The Labute approximate surface area is 155 Å². The number of halogens is 2. The normalized spacial score (nSPS) is 16.3. The number of aromatic hydroxyl groups is 1. The maximum absolute atomic E-state index is 14.1. The molecule has 0 radical (unpaired) electrons. The van der Waals surface area contributed by atoms with Crippen molar-refractivity contribution in [3.8, 4) is 5.75 Å². The van der Waals surface area contributed by atoms with E-state index in [4.69, 9.17) is 12.2 Å². The van der Waals surface area contributed by atoms with E-state index in [-0.39, 0.29) is 27.7 Å². The fourth-order valence-electron chi connectivity index (χ4n) is 2.31. The van der Waals surface area contributed by atoms with E-state index in [9.17, 15) is 19.1 Å². The van der Waals surface area contributed by atoms with Gasteiger partial charge in [0.15, 0.2) is 5.11 Å². The Hall–Kier alpha value is -2.58. The Morgan fingerprint density at radius 2 is 1.92 bits per heavy atom. The molecular weight excluding hydrogens is 411 g/mol. The molecule has 5 nitrogen and oxygen atoms in total. The summed E-state index contributed by atoms with van der Waals surface area (Å²) < 4.78 is 14.7. The summed E-state index contributed by atoms with van der Waals surface area (Å²) in [6, 6.07) is 10.2. The molecule has 2 aromatic carbocycles. The minimum absolute atomic E-state index is 0.0677. The monoisotopic (exact) mass is 420 g/mol. The van der Waals surface area contributed by atoms with Crippen molar-refractivity contribution in [3.63, 3.8) is 0 Å². The number of hydrogen-bond acceptors (Lipinski definition) is 4. The molecule has 2 N–H and O–H groups in total. The third-order valence-corrected chi connectivity index (χ3v) is 4.26.